The van der Waals surface area contributed by atoms with Crippen molar-refractivity contribution in [3.63, 3.8) is 0 Å². The van der Waals surface area contributed by atoms with Crippen LogP contribution in [0.2, 0.25) is 0 Å². The van der Waals surface area contributed by atoms with E-state index in [1.165, 1.54) is 5.56 Å². The fraction of sp³-hybridized carbons (Fsp3) is 0.333. The molecule has 2 aromatic rings. The summed E-state index contributed by atoms with van der Waals surface area (Å²) in [6, 6.07) is 8.03. The number of aromatic nitrogens is 2. The summed E-state index contributed by atoms with van der Waals surface area (Å²) in [5.41, 5.74) is 8.21. The van der Waals surface area contributed by atoms with E-state index in [0.717, 1.165) is 17.7 Å². The van der Waals surface area contributed by atoms with Gasteiger partial charge in [-0.25, -0.2) is 9.97 Å². The maximum atomic E-state index is 5.87. The second-order valence-electron chi connectivity index (χ2n) is 4.75. The Hall–Kier alpha value is -1.94. The van der Waals surface area contributed by atoms with Crippen LogP contribution < -0.4 is 10.5 Å². The normalized spacial score (nSPS) is 12.2. The van der Waals surface area contributed by atoms with Crippen LogP contribution in [0.15, 0.2) is 36.7 Å². The Morgan fingerprint density at radius 1 is 1.26 bits per heavy atom. The van der Waals surface area contributed by atoms with E-state index in [0.29, 0.717) is 12.4 Å². The number of ether oxygens (including phenoxy) is 1. The first-order valence-electron chi connectivity index (χ1n) is 6.39. The van der Waals surface area contributed by atoms with E-state index >= 15 is 0 Å². The lowest BCUT2D eigenvalue weighted by molar-refractivity contribution is 0.292. The standard InChI is InChI=1S/C15H19N3O/c1-11-4-5-14(13(8-11)9-12(2)16)19-10-15-17-6-3-7-18-15/h3-8,12H,9-10,16H2,1-2H3. The van der Waals surface area contributed by atoms with Crippen LogP contribution in [-0.4, -0.2) is 16.0 Å². The van der Waals surface area contributed by atoms with Crippen LogP contribution in [0, 0.1) is 6.92 Å². The third-order valence-corrected chi connectivity index (χ3v) is 2.73. The molecule has 0 amide bonds. The smallest absolute Gasteiger partial charge is 0.166 e. The highest BCUT2D eigenvalue weighted by Crippen LogP contribution is 2.22. The Morgan fingerprint density at radius 3 is 2.68 bits per heavy atom. The van der Waals surface area contributed by atoms with Crippen LogP contribution in [0.1, 0.15) is 23.9 Å². The molecule has 19 heavy (non-hydrogen) atoms. The highest BCUT2D eigenvalue weighted by molar-refractivity contribution is 5.37. The average molecular weight is 257 g/mol. The molecule has 0 aliphatic heterocycles. The Labute approximate surface area is 113 Å². The van der Waals surface area contributed by atoms with Crippen LogP contribution in [0.5, 0.6) is 5.75 Å². The summed E-state index contributed by atoms with van der Waals surface area (Å²) in [5, 5.41) is 0. The third-order valence-electron chi connectivity index (χ3n) is 2.73. The van der Waals surface area contributed by atoms with E-state index in [1.54, 1.807) is 18.5 Å². The van der Waals surface area contributed by atoms with E-state index in [2.05, 4.69) is 23.0 Å². The highest BCUT2D eigenvalue weighted by atomic mass is 16.5. The van der Waals surface area contributed by atoms with Crippen molar-refractivity contribution < 1.29 is 4.74 Å². The zero-order valence-corrected chi connectivity index (χ0v) is 11.3. The molecule has 4 heteroatoms. The van der Waals surface area contributed by atoms with E-state index in [1.807, 2.05) is 19.1 Å². The number of hydrogen-bond donors (Lipinski definition) is 1. The largest absolute Gasteiger partial charge is 0.485 e. The van der Waals surface area contributed by atoms with E-state index in [-0.39, 0.29) is 6.04 Å². The summed E-state index contributed by atoms with van der Waals surface area (Å²) >= 11 is 0. The topological polar surface area (TPSA) is 61.0 Å². The van der Waals surface area contributed by atoms with Crippen LogP contribution in [-0.2, 0) is 13.0 Å². The number of hydrogen-bond acceptors (Lipinski definition) is 4. The van der Waals surface area contributed by atoms with Gasteiger partial charge < -0.3 is 10.5 Å². The van der Waals surface area contributed by atoms with Crippen molar-refractivity contribution in [3.8, 4) is 5.75 Å². The second-order valence-corrected chi connectivity index (χ2v) is 4.75. The number of aryl methyl sites for hydroxylation is 1. The van der Waals surface area contributed by atoms with Gasteiger partial charge >= 0.3 is 0 Å². The molecular weight excluding hydrogens is 238 g/mol. The third kappa shape index (κ3) is 4.03. The van der Waals surface area contributed by atoms with E-state index < -0.39 is 0 Å². The van der Waals surface area contributed by atoms with Gasteiger partial charge in [0, 0.05) is 18.4 Å². The summed E-state index contributed by atoms with van der Waals surface area (Å²) < 4.78 is 5.80. The van der Waals surface area contributed by atoms with Gasteiger partial charge in [0.25, 0.3) is 0 Å². The summed E-state index contributed by atoms with van der Waals surface area (Å²) in [5.74, 6) is 1.53. The number of nitrogens with zero attached hydrogens (tertiary/aromatic N) is 2. The summed E-state index contributed by atoms with van der Waals surface area (Å²) in [7, 11) is 0. The van der Waals surface area contributed by atoms with Crippen LogP contribution in [0.25, 0.3) is 0 Å². The Bertz CT molecular complexity index is 526. The maximum Gasteiger partial charge on any atom is 0.166 e. The lowest BCUT2D eigenvalue weighted by Crippen LogP contribution is -2.18. The molecule has 0 bridgehead atoms. The van der Waals surface area contributed by atoms with Crippen LogP contribution in [0.4, 0.5) is 0 Å². The number of benzene rings is 1. The molecule has 0 saturated carbocycles. The van der Waals surface area contributed by atoms with Crippen molar-refractivity contribution in [2.45, 2.75) is 32.9 Å². The first-order valence-corrected chi connectivity index (χ1v) is 6.39. The molecule has 0 aliphatic rings. The summed E-state index contributed by atoms with van der Waals surface area (Å²) in [6.45, 7) is 4.43. The molecule has 0 fully saturated rings. The minimum Gasteiger partial charge on any atom is -0.485 e. The minimum absolute atomic E-state index is 0.108. The van der Waals surface area contributed by atoms with Gasteiger partial charge in [-0.05, 0) is 38.0 Å². The Kier molecular flexibility index (Phi) is 4.47. The molecule has 1 aromatic heterocycles. The van der Waals surface area contributed by atoms with Crippen molar-refractivity contribution in [2.24, 2.45) is 5.73 Å². The first kappa shape index (κ1) is 13.5. The fourth-order valence-electron chi connectivity index (χ4n) is 1.90. The predicted octanol–water partition coefficient (Wildman–Crippen LogP) is 2.25. The lowest BCUT2D eigenvalue weighted by atomic mass is 10.0. The molecule has 1 aromatic carbocycles. The molecule has 2 N–H and O–H groups in total. The van der Waals surface area contributed by atoms with E-state index in [4.69, 9.17) is 10.5 Å². The molecule has 1 unspecified atom stereocenters. The van der Waals surface area contributed by atoms with Crippen molar-refractivity contribution >= 4 is 0 Å². The minimum atomic E-state index is 0.108. The van der Waals surface area contributed by atoms with Crippen LogP contribution >= 0.6 is 0 Å². The van der Waals surface area contributed by atoms with Gasteiger partial charge in [-0.2, -0.15) is 0 Å². The molecular formula is C15H19N3O. The molecule has 0 aliphatic carbocycles. The molecule has 1 heterocycles. The van der Waals surface area contributed by atoms with E-state index in [9.17, 15) is 0 Å². The van der Waals surface area contributed by atoms with Crippen molar-refractivity contribution in [1.82, 2.24) is 9.97 Å². The zero-order chi connectivity index (χ0) is 13.7. The monoisotopic (exact) mass is 257 g/mol. The van der Waals surface area contributed by atoms with Crippen molar-refractivity contribution in [2.75, 3.05) is 0 Å². The molecule has 4 nitrogen and oxygen atoms in total. The average Bonchev–Trinajstić information content (AvgIpc) is 2.38. The van der Waals surface area contributed by atoms with Crippen LogP contribution in [0.3, 0.4) is 0 Å². The maximum absolute atomic E-state index is 5.87. The lowest BCUT2D eigenvalue weighted by Gasteiger charge is -2.13. The van der Waals surface area contributed by atoms with Crippen molar-refractivity contribution in [3.05, 3.63) is 53.6 Å². The molecule has 100 valence electrons. The Morgan fingerprint density at radius 2 is 2.00 bits per heavy atom. The molecule has 0 radical (unpaired) electrons. The van der Waals surface area contributed by atoms with Crippen molar-refractivity contribution in [1.29, 1.82) is 0 Å². The number of nitrogens with two attached hydrogens (primary N) is 1. The zero-order valence-electron chi connectivity index (χ0n) is 11.3. The predicted molar refractivity (Wildman–Crippen MR) is 74.9 cm³/mol. The first-order chi connectivity index (χ1) is 9.15. The van der Waals surface area contributed by atoms with Gasteiger partial charge in [0.05, 0.1) is 0 Å². The molecule has 2 rings (SSSR count). The fourth-order valence-corrected chi connectivity index (χ4v) is 1.90. The van der Waals surface area contributed by atoms with Gasteiger partial charge in [0.1, 0.15) is 12.4 Å². The second kappa shape index (κ2) is 6.29. The molecule has 0 spiro atoms. The molecule has 0 saturated heterocycles. The SMILES string of the molecule is Cc1ccc(OCc2ncccn2)c(CC(C)N)c1. The highest BCUT2D eigenvalue weighted by Gasteiger charge is 2.07. The van der Waals surface area contributed by atoms with Gasteiger partial charge in [-0.3, -0.25) is 0 Å². The van der Waals surface area contributed by atoms with Gasteiger partial charge in [-0.1, -0.05) is 17.7 Å². The number of rotatable bonds is 5. The van der Waals surface area contributed by atoms with Gasteiger partial charge in [0.2, 0.25) is 0 Å². The van der Waals surface area contributed by atoms with Gasteiger partial charge in [0.15, 0.2) is 5.82 Å². The summed E-state index contributed by atoms with van der Waals surface area (Å²) in [4.78, 5) is 8.28. The summed E-state index contributed by atoms with van der Waals surface area (Å²) in [6.07, 6.45) is 4.22. The molecule has 1 atom stereocenters. The van der Waals surface area contributed by atoms with Gasteiger partial charge in [-0.15, -0.1) is 0 Å². The Balaban J connectivity index is 2.11. The quantitative estimate of drug-likeness (QED) is 0.892.